The molecule has 1 heterocycles. The summed E-state index contributed by atoms with van der Waals surface area (Å²) in [5, 5.41) is 1.51. The third-order valence-electron chi connectivity index (χ3n) is 3.50. The van der Waals surface area contributed by atoms with Crippen LogP contribution < -0.4 is 0 Å². The van der Waals surface area contributed by atoms with E-state index in [1.54, 1.807) is 11.8 Å². The molecule has 0 radical (unpaired) electrons. The number of hydrogen-bond donors (Lipinski definition) is 0. The highest BCUT2D eigenvalue weighted by Crippen LogP contribution is 2.32. The van der Waals surface area contributed by atoms with Crippen molar-refractivity contribution in [1.29, 1.82) is 0 Å². The lowest BCUT2D eigenvalue weighted by Gasteiger charge is -2.13. The molecule has 0 unspecified atom stereocenters. The van der Waals surface area contributed by atoms with Gasteiger partial charge in [-0.05, 0) is 31.2 Å². The maximum Gasteiger partial charge on any atom is 0.173 e. The summed E-state index contributed by atoms with van der Waals surface area (Å²) in [6.07, 6.45) is 1.97. The van der Waals surface area contributed by atoms with Crippen LogP contribution in [-0.4, -0.2) is 14.8 Å². The fourth-order valence-electron chi connectivity index (χ4n) is 2.40. The predicted octanol–water partition coefficient (Wildman–Crippen LogP) is 6.11. The first-order chi connectivity index (χ1) is 11.0. The van der Waals surface area contributed by atoms with Crippen LogP contribution in [-0.2, 0) is 0 Å². The number of imidazole rings is 1. The van der Waals surface area contributed by atoms with Crippen molar-refractivity contribution in [2.24, 2.45) is 0 Å². The summed E-state index contributed by atoms with van der Waals surface area (Å²) >= 11 is 5.29. The quantitative estimate of drug-likeness (QED) is 0.503. The Labute approximate surface area is 150 Å². The molecule has 3 rings (SSSR count). The van der Waals surface area contributed by atoms with Crippen LogP contribution in [0.5, 0.6) is 0 Å². The second-order valence-corrected chi connectivity index (χ2v) is 8.23. The van der Waals surface area contributed by atoms with E-state index in [-0.39, 0.29) is 0 Å². The Kier molecular flexibility index (Phi) is 4.93. The van der Waals surface area contributed by atoms with Gasteiger partial charge in [0.05, 0.1) is 11.9 Å². The van der Waals surface area contributed by atoms with E-state index in [9.17, 15) is 0 Å². The minimum atomic E-state index is 0.486. The summed E-state index contributed by atoms with van der Waals surface area (Å²) in [6.45, 7) is 6.49. The summed E-state index contributed by atoms with van der Waals surface area (Å²) in [5.74, 6) is 0. The van der Waals surface area contributed by atoms with E-state index in [4.69, 9.17) is 0 Å². The molecule has 0 saturated heterocycles. The minimum Gasteiger partial charge on any atom is -0.287 e. The van der Waals surface area contributed by atoms with E-state index in [1.165, 1.54) is 5.56 Å². The van der Waals surface area contributed by atoms with Crippen molar-refractivity contribution >= 4 is 27.7 Å². The molecule has 0 saturated carbocycles. The molecular weight excluding hydrogens is 368 g/mol. The highest BCUT2D eigenvalue weighted by molar-refractivity contribution is 9.10. The van der Waals surface area contributed by atoms with Crippen molar-refractivity contribution < 1.29 is 0 Å². The lowest BCUT2D eigenvalue weighted by atomic mass is 10.1. The van der Waals surface area contributed by atoms with Crippen molar-refractivity contribution in [2.75, 3.05) is 0 Å². The number of hydrogen-bond acceptors (Lipinski definition) is 2. The number of benzene rings is 2. The zero-order valence-corrected chi connectivity index (χ0v) is 15.9. The van der Waals surface area contributed by atoms with Gasteiger partial charge >= 0.3 is 0 Å². The third kappa shape index (κ3) is 3.70. The van der Waals surface area contributed by atoms with Gasteiger partial charge in [0.25, 0.3) is 0 Å². The van der Waals surface area contributed by atoms with Crippen LogP contribution in [0.4, 0.5) is 0 Å². The summed E-state index contributed by atoms with van der Waals surface area (Å²) < 4.78 is 3.33. The second-order valence-electron chi connectivity index (χ2n) is 5.77. The van der Waals surface area contributed by atoms with Crippen LogP contribution in [0.3, 0.4) is 0 Å². The molecule has 118 valence electrons. The van der Waals surface area contributed by atoms with E-state index in [1.807, 2.05) is 6.20 Å². The predicted molar refractivity (Wildman–Crippen MR) is 102 cm³/mol. The molecule has 0 aliphatic rings. The molecule has 0 amide bonds. The molecule has 0 bridgehead atoms. The van der Waals surface area contributed by atoms with E-state index in [0.29, 0.717) is 5.25 Å². The SMILES string of the molecule is Cc1ccc(-n2c(-c3ccc(Br)cc3)cnc2SC(C)C)cc1. The summed E-state index contributed by atoms with van der Waals surface area (Å²) in [5.41, 5.74) is 4.69. The first kappa shape index (κ1) is 16.3. The lowest BCUT2D eigenvalue weighted by Crippen LogP contribution is -2.01. The van der Waals surface area contributed by atoms with Gasteiger partial charge in [0.2, 0.25) is 0 Å². The molecule has 0 spiro atoms. The standard InChI is InChI=1S/C19H19BrN2S/c1-13(2)23-19-21-12-18(15-6-8-16(20)9-7-15)22(19)17-10-4-14(3)5-11-17/h4-13H,1-3H3. The van der Waals surface area contributed by atoms with Gasteiger partial charge in [-0.1, -0.05) is 71.4 Å². The van der Waals surface area contributed by atoms with Crippen LogP contribution in [0.2, 0.25) is 0 Å². The molecule has 3 aromatic rings. The van der Waals surface area contributed by atoms with Gasteiger partial charge in [0.1, 0.15) is 0 Å². The highest BCUT2D eigenvalue weighted by Gasteiger charge is 2.15. The Morgan fingerprint density at radius 1 is 1.00 bits per heavy atom. The number of nitrogens with zero attached hydrogens (tertiary/aromatic N) is 2. The zero-order chi connectivity index (χ0) is 16.4. The van der Waals surface area contributed by atoms with Gasteiger partial charge in [-0.3, -0.25) is 4.57 Å². The van der Waals surface area contributed by atoms with E-state index in [0.717, 1.165) is 26.6 Å². The Bertz CT molecular complexity index is 789. The number of aryl methyl sites for hydroxylation is 1. The maximum absolute atomic E-state index is 4.67. The monoisotopic (exact) mass is 386 g/mol. The Morgan fingerprint density at radius 2 is 1.65 bits per heavy atom. The fourth-order valence-corrected chi connectivity index (χ4v) is 3.51. The van der Waals surface area contributed by atoms with Crippen molar-refractivity contribution in [3.8, 4) is 16.9 Å². The maximum atomic E-state index is 4.67. The van der Waals surface area contributed by atoms with Crippen LogP contribution in [0.15, 0.2) is 64.4 Å². The summed E-state index contributed by atoms with van der Waals surface area (Å²) in [7, 11) is 0. The Balaban J connectivity index is 2.14. The molecule has 4 heteroatoms. The van der Waals surface area contributed by atoms with Crippen LogP contribution in [0.1, 0.15) is 19.4 Å². The number of halogens is 1. The average Bonchev–Trinajstić information content (AvgIpc) is 2.92. The average molecular weight is 387 g/mol. The summed E-state index contributed by atoms with van der Waals surface area (Å²) in [6, 6.07) is 17.0. The van der Waals surface area contributed by atoms with Crippen LogP contribution >= 0.6 is 27.7 Å². The highest BCUT2D eigenvalue weighted by atomic mass is 79.9. The van der Waals surface area contributed by atoms with E-state index >= 15 is 0 Å². The zero-order valence-electron chi connectivity index (χ0n) is 13.5. The second kappa shape index (κ2) is 6.93. The smallest absolute Gasteiger partial charge is 0.173 e. The van der Waals surface area contributed by atoms with E-state index in [2.05, 4.69) is 94.8 Å². The van der Waals surface area contributed by atoms with Gasteiger partial charge in [0, 0.05) is 21.0 Å². The van der Waals surface area contributed by atoms with Crippen molar-refractivity contribution in [3.63, 3.8) is 0 Å². The Morgan fingerprint density at radius 3 is 2.26 bits per heavy atom. The molecule has 0 N–H and O–H groups in total. The molecule has 0 aliphatic heterocycles. The molecular formula is C19H19BrN2S. The van der Waals surface area contributed by atoms with Gasteiger partial charge in [0.15, 0.2) is 5.16 Å². The molecule has 2 aromatic carbocycles. The van der Waals surface area contributed by atoms with Crippen LogP contribution in [0, 0.1) is 6.92 Å². The molecule has 23 heavy (non-hydrogen) atoms. The number of aromatic nitrogens is 2. The van der Waals surface area contributed by atoms with Gasteiger partial charge in [-0.2, -0.15) is 0 Å². The summed E-state index contributed by atoms with van der Waals surface area (Å²) in [4.78, 5) is 4.67. The first-order valence-electron chi connectivity index (χ1n) is 7.62. The minimum absolute atomic E-state index is 0.486. The largest absolute Gasteiger partial charge is 0.287 e. The number of rotatable bonds is 4. The Hall–Kier alpha value is -1.52. The van der Waals surface area contributed by atoms with Crippen molar-refractivity contribution in [1.82, 2.24) is 9.55 Å². The molecule has 0 aliphatic carbocycles. The van der Waals surface area contributed by atoms with Gasteiger partial charge in [-0.15, -0.1) is 0 Å². The fraction of sp³-hybridized carbons (Fsp3) is 0.211. The molecule has 1 aromatic heterocycles. The van der Waals surface area contributed by atoms with Crippen molar-refractivity contribution in [3.05, 3.63) is 64.8 Å². The van der Waals surface area contributed by atoms with Crippen LogP contribution in [0.25, 0.3) is 16.9 Å². The lowest BCUT2D eigenvalue weighted by molar-refractivity contribution is 0.892. The van der Waals surface area contributed by atoms with Gasteiger partial charge in [-0.25, -0.2) is 4.98 Å². The molecule has 0 fully saturated rings. The van der Waals surface area contributed by atoms with Crippen molar-refractivity contribution in [2.45, 2.75) is 31.2 Å². The topological polar surface area (TPSA) is 17.8 Å². The first-order valence-corrected chi connectivity index (χ1v) is 9.29. The molecule has 0 atom stereocenters. The van der Waals surface area contributed by atoms with E-state index < -0.39 is 0 Å². The molecule has 2 nitrogen and oxygen atoms in total. The normalized spacial score (nSPS) is 11.2. The third-order valence-corrected chi connectivity index (χ3v) is 5.00. The number of thioether (sulfide) groups is 1. The van der Waals surface area contributed by atoms with Gasteiger partial charge < -0.3 is 0 Å².